The molecule has 19 heavy (non-hydrogen) atoms. The van der Waals surface area contributed by atoms with Crippen LogP contribution in [0.3, 0.4) is 0 Å². The van der Waals surface area contributed by atoms with Crippen LogP contribution in [0.15, 0.2) is 35.7 Å². The average molecular weight is 255 g/mol. The summed E-state index contributed by atoms with van der Waals surface area (Å²) in [4.78, 5) is 0. The number of nitriles is 1. The van der Waals surface area contributed by atoms with Gasteiger partial charge in [-0.05, 0) is 22.6 Å². The molecule has 0 fully saturated rings. The second kappa shape index (κ2) is 5.37. The Morgan fingerprint density at radius 3 is 2.89 bits per heavy atom. The van der Waals surface area contributed by atoms with E-state index in [1.807, 2.05) is 6.07 Å². The van der Waals surface area contributed by atoms with Crippen molar-refractivity contribution in [1.29, 1.82) is 10.7 Å². The molecule has 0 bridgehead atoms. The van der Waals surface area contributed by atoms with Crippen LogP contribution in [0, 0.1) is 16.7 Å². The highest BCUT2D eigenvalue weighted by molar-refractivity contribution is 6.45. The van der Waals surface area contributed by atoms with Gasteiger partial charge in [-0.1, -0.05) is 12.1 Å². The highest BCUT2D eigenvalue weighted by Crippen LogP contribution is 2.18. The molecule has 0 unspecified atom stereocenters. The molecule has 4 N–H and O–H groups in total. The quantitative estimate of drug-likeness (QED) is 0.395. The van der Waals surface area contributed by atoms with E-state index < -0.39 is 5.84 Å². The second-order valence-electron chi connectivity index (χ2n) is 3.37. The zero-order valence-electron chi connectivity index (χ0n) is 9.65. The molecule has 0 atom stereocenters. The van der Waals surface area contributed by atoms with Crippen molar-refractivity contribution in [2.75, 3.05) is 5.43 Å². The molecule has 1 aromatic carbocycles. The molecule has 0 radical (unpaired) electrons. The number of anilines is 1. The van der Waals surface area contributed by atoms with Crippen LogP contribution in [0.4, 0.5) is 5.69 Å². The van der Waals surface area contributed by atoms with Crippen molar-refractivity contribution >= 4 is 17.2 Å². The van der Waals surface area contributed by atoms with E-state index in [-0.39, 0.29) is 5.71 Å². The first-order valence-corrected chi connectivity index (χ1v) is 5.13. The molecule has 0 spiro atoms. The topological polar surface area (TPSA) is 142 Å². The van der Waals surface area contributed by atoms with Crippen LogP contribution in [-0.2, 0) is 0 Å². The van der Waals surface area contributed by atoms with Gasteiger partial charge in [0.15, 0.2) is 5.84 Å². The molecule has 1 heterocycles. The molecular formula is C10H9N9. The average Bonchev–Trinajstić information content (AvgIpc) is 2.93. The van der Waals surface area contributed by atoms with Crippen LogP contribution in [0.2, 0.25) is 0 Å². The van der Waals surface area contributed by atoms with Crippen molar-refractivity contribution in [3.8, 4) is 11.8 Å². The number of amidine groups is 1. The van der Waals surface area contributed by atoms with Gasteiger partial charge in [-0.15, -0.1) is 5.10 Å². The molecule has 1 aromatic heterocycles. The lowest BCUT2D eigenvalue weighted by atomic mass is 10.3. The van der Waals surface area contributed by atoms with Crippen molar-refractivity contribution in [3.63, 3.8) is 0 Å². The van der Waals surface area contributed by atoms with Gasteiger partial charge >= 0.3 is 0 Å². The van der Waals surface area contributed by atoms with E-state index >= 15 is 0 Å². The number of hydrogen-bond donors (Lipinski definition) is 3. The molecule has 0 aliphatic rings. The first kappa shape index (κ1) is 12.2. The second-order valence-corrected chi connectivity index (χ2v) is 3.37. The molecule has 2 rings (SSSR count). The summed E-state index contributed by atoms with van der Waals surface area (Å²) < 4.78 is 1.44. The maximum atomic E-state index is 8.75. The Hall–Kier alpha value is -3.28. The van der Waals surface area contributed by atoms with Gasteiger partial charge in [0.05, 0.1) is 11.4 Å². The van der Waals surface area contributed by atoms with Gasteiger partial charge in [0.1, 0.15) is 12.4 Å². The highest BCUT2D eigenvalue weighted by Gasteiger charge is 2.06. The Labute approximate surface area is 107 Å². The van der Waals surface area contributed by atoms with Crippen LogP contribution in [-0.4, -0.2) is 31.8 Å². The van der Waals surface area contributed by atoms with E-state index in [1.165, 1.54) is 11.0 Å². The van der Waals surface area contributed by atoms with Crippen molar-refractivity contribution in [3.05, 3.63) is 30.6 Å². The number of para-hydroxylation sites is 2. The summed E-state index contributed by atoms with van der Waals surface area (Å²) in [6.45, 7) is 0. The largest absolute Gasteiger partial charge is 0.382 e. The summed E-state index contributed by atoms with van der Waals surface area (Å²) in [5.74, 6) is -0.407. The number of rotatable bonds is 4. The minimum Gasteiger partial charge on any atom is -0.382 e. The lowest BCUT2D eigenvalue weighted by Crippen LogP contribution is -2.22. The van der Waals surface area contributed by atoms with Crippen molar-refractivity contribution in [1.82, 2.24) is 20.2 Å². The van der Waals surface area contributed by atoms with E-state index in [4.69, 9.17) is 16.4 Å². The van der Waals surface area contributed by atoms with E-state index in [1.54, 1.807) is 24.3 Å². The van der Waals surface area contributed by atoms with Crippen LogP contribution < -0.4 is 11.2 Å². The lowest BCUT2D eigenvalue weighted by molar-refractivity contribution is 0.789. The molecule has 0 amide bonds. The monoisotopic (exact) mass is 255 g/mol. The normalized spacial score (nSPS) is 10.8. The number of nitrogens with zero attached hydrogens (tertiary/aromatic N) is 6. The van der Waals surface area contributed by atoms with Crippen LogP contribution in [0.1, 0.15) is 0 Å². The van der Waals surface area contributed by atoms with Gasteiger partial charge in [-0.2, -0.15) is 15.0 Å². The van der Waals surface area contributed by atoms with Gasteiger partial charge in [-0.3, -0.25) is 10.8 Å². The summed E-state index contributed by atoms with van der Waals surface area (Å²) in [6.07, 6.45) is 1.43. The van der Waals surface area contributed by atoms with E-state index in [9.17, 15) is 0 Å². The summed E-state index contributed by atoms with van der Waals surface area (Å²) >= 11 is 0. The van der Waals surface area contributed by atoms with Gasteiger partial charge in [0.25, 0.3) is 0 Å². The zero-order valence-corrected chi connectivity index (χ0v) is 9.65. The summed E-state index contributed by atoms with van der Waals surface area (Å²) in [6, 6.07) is 8.81. The SMILES string of the molecule is N#C/C(=N\Nc1ccccc1-n1cnnn1)C(=N)N. The predicted octanol–water partition coefficient (Wildman–Crippen LogP) is -0.110. The third-order valence-corrected chi connectivity index (χ3v) is 2.15. The number of nitrogens with one attached hydrogen (secondary N) is 2. The molecule has 0 aliphatic heterocycles. The Bertz CT molecular complexity index is 650. The smallest absolute Gasteiger partial charge is 0.201 e. The van der Waals surface area contributed by atoms with E-state index in [0.717, 1.165) is 0 Å². The molecular weight excluding hydrogens is 246 g/mol. The molecule has 0 aliphatic carbocycles. The number of benzene rings is 1. The van der Waals surface area contributed by atoms with E-state index in [2.05, 4.69) is 26.1 Å². The van der Waals surface area contributed by atoms with Gasteiger partial charge in [0, 0.05) is 0 Å². The molecule has 9 nitrogen and oxygen atoms in total. The van der Waals surface area contributed by atoms with Gasteiger partial charge in [0.2, 0.25) is 5.71 Å². The first-order chi connectivity index (χ1) is 9.22. The standard InChI is InChI=1S/C10H9N9/c11-5-8(10(12)13)16-15-7-3-1-2-4-9(7)19-6-14-17-18-19/h1-4,6,15H,(H3,12,13)/b16-8+. The van der Waals surface area contributed by atoms with Gasteiger partial charge in [-0.25, -0.2) is 0 Å². The van der Waals surface area contributed by atoms with Gasteiger partial charge < -0.3 is 5.73 Å². The Morgan fingerprint density at radius 2 is 2.26 bits per heavy atom. The number of hydrogen-bond acceptors (Lipinski definition) is 7. The molecule has 2 aromatic rings. The van der Waals surface area contributed by atoms with Crippen molar-refractivity contribution in [2.45, 2.75) is 0 Å². The molecule has 0 saturated heterocycles. The lowest BCUT2D eigenvalue weighted by Gasteiger charge is -2.07. The molecule has 9 heteroatoms. The van der Waals surface area contributed by atoms with Crippen LogP contribution >= 0.6 is 0 Å². The highest BCUT2D eigenvalue weighted by atomic mass is 15.5. The number of hydrazone groups is 1. The minimum atomic E-state index is -0.407. The summed E-state index contributed by atoms with van der Waals surface area (Å²) in [5.41, 5.74) is 8.88. The fourth-order valence-electron chi connectivity index (χ4n) is 1.30. The number of aromatic nitrogens is 4. The fourth-order valence-corrected chi connectivity index (χ4v) is 1.30. The van der Waals surface area contributed by atoms with Crippen LogP contribution in [0.25, 0.3) is 5.69 Å². The van der Waals surface area contributed by atoms with E-state index in [0.29, 0.717) is 11.4 Å². The number of tetrazole rings is 1. The first-order valence-electron chi connectivity index (χ1n) is 5.13. The van der Waals surface area contributed by atoms with Crippen molar-refractivity contribution < 1.29 is 0 Å². The molecule has 0 saturated carbocycles. The minimum absolute atomic E-state index is 0.202. The Morgan fingerprint density at radius 1 is 1.47 bits per heavy atom. The maximum absolute atomic E-state index is 8.75. The predicted molar refractivity (Wildman–Crippen MR) is 67.7 cm³/mol. The summed E-state index contributed by atoms with van der Waals surface area (Å²) in [7, 11) is 0. The maximum Gasteiger partial charge on any atom is 0.201 e. The fraction of sp³-hybridized carbons (Fsp3) is 0. The number of nitrogens with two attached hydrogens (primary N) is 1. The zero-order chi connectivity index (χ0) is 13.7. The third-order valence-electron chi connectivity index (χ3n) is 2.15. The third kappa shape index (κ3) is 2.70. The van der Waals surface area contributed by atoms with Crippen molar-refractivity contribution in [2.24, 2.45) is 10.8 Å². The van der Waals surface area contributed by atoms with Crippen LogP contribution in [0.5, 0.6) is 0 Å². The summed E-state index contributed by atoms with van der Waals surface area (Å²) in [5, 5.41) is 30.5. The Balaban J connectivity index is 2.32. The molecule has 94 valence electrons. The Kier molecular flexibility index (Phi) is 3.44.